The van der Waals surface area contributed by atoms with E-state index < -0.39 is 11.7 Å². The predicted molar refractivity (Wildman–Crippen MR) is 105 cm³/mol. The molecule has 0 amide bonds. The van der Waals surface area contributed by atoms with Crippen molar-refractivity contribution in [2.24, 2.45) is 11.3 Å². The first-order valence-electron chi connectivity index (χ1n) is 8.92. The smallest absolute Gasteiger partial charge is 0.148 e. The molecular weight excluding hydrogens is 329 g/mol. The molecule has 2 nitrogen and oxygen atoms in total. The molecule has 3 atom stereocenters. The summed E-state index contributed by atoms with van der Waals surface area (Å²) < 4.78 is 21.5. The molecule has 25 heavy (non-hydrogen) atoms. The number of rotatable bonds is 5. The van der Waals surface area contributed by atoms with Gasteiger partial charge in [-0.2, -0.15) is 0 Å². The third-order valence-corrected chi connectivity index (χ3v) is 5.79. The lowest BCUT2D eigenvalue weighted by Crippen LogP contribution is -2.66. The van der Waals surface area contributed by atoms with Gasteiger partial charge in [-0.15, -0.1) is 0 Å². The molecule has 2 aromatic rings. The molecule has 0 spiro atoms. The van der Waals surface area contributed by atoms with Gasteiger partial charge < -0.3 is 9.33 Å². The van der Waals surface area contributed by atoms with Crippen molar-refractivity contribution in [3.63, 3.8) is 0 Å². The molecule has 1 saturated carbocycles. The SMILES string of the molecule is CC(C)(C)C1CC(c2ccccc2)(N(CO[SiH3])c2ccccc2)C1F. The highest BCUT2D eigenvalue weighted by molar-refractivity contribution is 5.98. The van der Waals surface area contributed by atoms with Crippen LogP contribution in [0.1, 0.15) is 32.8 Å². The van der Waals surface area contributed by atoms with Crippen molar-refractivity contribution in [2.75, 3.05) is 11.6 Å². The Bertz CT molecular complexity index is 688. The molecule has 3 unspecified atom stereocenters. The van der Waals surface area contributed by atoms with Crippen LogP contribution in [0.2, 0.25) is 0 Å². The summed E-state index contributed by atoms with van der Waals surface area (Å²) in [7, 11) is 0.626. The van der Waals surface area contributed by atoms with Crippen LogP contribution in [-0.2, 0) is 9.96 Å². The quantitative estimate of drug-likeness (QED) is 0.591. The highest BCUT2D eigenvalue weighted by Crippen LogP contribution is 2.58. The molecule has 0 radical (unpaired) electrons. The van der Waals surface area contributed by atoms with Gasteiger partial charge in [-0.05, 0) is 29.5 Å². The second-order valence-electron chi connectivity index (χ2n) is 8.05. The first-order valence-corrected chi connectivity index (χ1v) is 9.74. The van der Waals surface area contributed by atoms with E-state index in [1.54, 1.807) is 0 Å². The molecule has 0 aromatic heterocycles. The van der Waals surface area contributed by atoms with Gasteiger partial charge in [-0.25, -0.2) is 4.39 Å². The molecule has 4 heteroatoms. The van der Waals surface area contributed by atoms with Crippen LogP contribution in [-0.4, -0.2) is 23.4 Å². The topological polar surface area (TPSA) is 12.5 Å². The Morgan fingerprint density at radius 3 is 2.12 bits per heavy atom. The summed E-state index contributed by atoms with van der Waals surface area (Å²) in [4.78, 5) is 2.13. The molecular formula is C21H28FNOSi. The molecule has 0 N–H and O–H groups in total. The van der Waals surface area contributed by atoms with E-state index in [1.165, 1.54) is 0 Å². The summed E-state index contributed by atoms with van der Waals surface area (Å²) in [5.74, 6) is 0.0352. The lowest BCUT2D eigenvalue weighted by Gasteiger charge is -2.60. The number of benzene rings is 2. The standard InChI is InChI=1S/C21H28FNOSi/c1-20(2,3)18-14-21(19(18)22,16-10-6-4-7-11-16)23(15-24-25)17-12-8-5-9-13-17/h4-13,18-19H,14-15H2,1-3,25H3. The lowest BCUT2D eigenvalue weighted by atomic mass is 9.54. The third kappa shape index (κ3) is 3.13. The molecule has 0 heterocycles. The van der Waals surface area contributed by atoms with Crippen molar-refractivity contribution in [1.29, 1.82) is 0 Å². The van der Waals surface area contributed by atoms with Crippen molar-refractivity contribution in [3.8, 4) is 0 Å². The van der Waals surface area contributed by atoms with Crippen LogP contribution >= 0.6 is 0 Å². The van der Waals surface area contributed by atoms with Gasteiger partial charge in [0.1, 0.15) is 23.4 Å². The summed E-state index contributed by atoms with van der Waals surface area (Å²) in [5.41, 5.74) is 1.33. The Labute approximate surface area is 153 Å². The van der Waals surface area contributed by atoms with Crippen molar-refractivity contribution in [3.05, 3.63) is 66.2 Å². The molecule has 134 valence electrons. The number of alkyl halides is 1. The monoisotopic (exact) mass is 357 g/mol. The lowest BCUT2D eigenvalue weighted by molar-refractivity contribution is -0.0693. The van der Waals surface area contributed by atoms with E-state index in [0.717, 1.165) is 17.7 Å². The minimum absolute atomic E-state index is 0.0352. The molecule has 0 saturated heterocycles. The number of nitrogens with zero attached hydrogens (tertiary/aromatic N) is 1. The molecule has 1 aliphatic rings. The zero-order valence-electron chi connectivity index (χ0n) is 15.6. The van der Waals surface area contributed by atoms with Gasteiger partial charge in [0, 0.05) is 11.6 Å². The van der Waals surface area contributed by atoms with Gasteiger partial charge in [0.15, 0.2) is 0 Å². The van der Waals surface area contributed by atoms with Gasteiger partial charge >= 0.3 is 0 Å². The normalized spacial score (nSPS) is 26.2. The minimum Gasteiger partial charge on any atom is -0.411 e. The average Bonchev–Trinajstić information content (AvgIpc) is 2.60. The maximum Gasteiger partial charge on any atom is 0.148 e. The minimum atomic E-state index is -0.938. The van der Waals surface area contributed by atoms with Gasteiger partial charge in [-0.1, -0.05) is 69.3 Å². The molecule has 0 aliphatic heterocycles. The fourth-order valence-electron chi connectivity index (χ4n) is 4.04. The Balaban J connectivity index is 2.09. The van der Waals surface area contributed by atoms with Crippen LogP contribution in [0.15, 0.2) is 60.7 Å². The second-order valence-corrected chi connectivity index (χ2v) is 8.63. The fourth-order valence-corrected chi connectivity index (χ4v) is 4.30. The van der Waals surface area contributed by atoms with Gasteiger partial charge in [0.05, 0.1) is 5.54 Å². The van der Waals surface area contributed by atoms with Crippen LogP contribution in [0.25, 0.3) is 0 Å². The molecule has 0 bridgehead atoms. The number of hydrogen-bond acceptors (Lipinski definition) is 2. The highest BCUT2D eigenvalue weighted by atomic mass is 28.2. The summed E-state index contributed by atoms with van der Waals surface area (Å²) in [6.07, 6.45) is -0.145. The van der Waals surface area contributed by atoms with E-state index in [9.17, 15) is 0 Å². The Hall–Kier alpha value is -1.65. The fraction of sp³-hybridized carbons (Fsp3) is 0.429. The van der Waals surface area contributed by atoms with Gasteiger partial charge in [0.25, 0.3) is 0 Å². The van der Waals surface area contributed by atoms with Crippen LogP contribution in [0, 0.1) is 11.3 Å². The number of halogens is 1. The molecule has 2 aromatic carbocycles. The van der Waals surface area contributed by atoms with Crippen LogP contribution in [0.4, 0.5) is 10.1 Å². The predicted octanol–water partition coefficient (Wildman–Crippen LogP) is 4.05. The zero-order valence-corrected chi connectivity index (χ0v) is 17.6. The number of hydrogen-bond donors (Lipinski definition) is 0. The maximum atomic E-state index is 15.9. The van der Waals surface area contributed by atoms with Crippen molar-refractivity contribution >= 4 is 16.2 Å². The van der Waals surface area contributed by atoms with E-state index in [4.69, 9.17) is 4.43 Å². The van der Waals surface area contributed by atoms with E-state index in [-0.39, 0.29) is 11.3 Å². The Kier molecular flexibility index (Phi) is 5.03. The number of anilines is 1. The Morgan fingerprint density at radius 2 is 1.64 bits per heavy atom. The van der Waals surface area contributed by atoms with E-state index in [0.29, 0.717) is 17.2 Å². The molecule has 1 fully saturated rings. The first-order chi connectivity index (χ1) is 11.9. The van der Waals surface area contributed by atoms with Gasteiger partial charge in [-0.3, -0.25) is 0 Å². The van der Waals surface area contributed by atoms with E-state index in [1.807, 2.05) is 48.5 Å². The summed E-state index contributed by atoms with van der Waals surface area (Å²) in [6, 6.07) is 20.2. The zero-order chi connectivity index (χ0) is 18.1. The van der Waals surface area contributed by atoms with Crippen LogP contribution in [0.3, 0.4) is 0 Å². The summed E-state index contributed by atoms with van der Waals surface area (Å²) in [5, 5.41) is 0. The maximum absolute atomic E-state index is 15.9. The van der Waals surface area contributed by atoms with Crippen molar-refractivity contribution < 1.29 is 8.82 Å². The van der Waals surface area contributed by atoms with Crippen molar-refractivity contribution in [2.45, 2.75) is 38.9 Å². The molecule has 3 rings (SSSR count). The van der Waals surface area contributed by atoms with Gasteiger partial charge in [0.2, 0.25) is 0 Å². The highest BCUT2D eigenvalue weighted by Gasteiger charge is 2.62. The second kappa shape index (κ2) is 6.93. The van der Waals surface area contributed by atoms with E-state index >= 15 is 4.39 Å². The van der Waals surface area contributed by atoms with Crippen LogP contribution in [0.5, 0.6) is 0 Å². The van der Waals surface area contributed by atoms with E-state index in [2.05, 4.69) is 37.8 Å². The number of para-hydroxylation sites is 1. The molecule has 1 aliphatic carbocycles. The average molecular weight is 358 g/mol. The summed E-state index contributed by atoms with van der Waals surface area (Å²) in [6.45, 7) is 6.82. The largest absolute Gasteiger partial charge is 0.411 e. The Morgan fingerprint density at radius 1 is 1.08 bits per heavy atom. The van der Waals surface area contributed by atoms with Crippen molar-refractivity contribution in [1.82, 2.24) is 0 Å². The first kappa shape index (κ1) is 18.1. The summed E-state index contributed by atoms with van der Waals surface area (Å²) >= 11 is 0. The van der Waals surface area contributed by atoms with Crippen LogP contribution < -0.4 is 4.90 Å². The third-order valence-electron chi connectivity index (χ3n) is 5.53.